The molecule has 3 aromatic carbocycles. The molecule has 118 valence electrons. The van der Waals surface area contributed by atoms with Gasteiger partial charge in [-0.15, -0.1) is 0 Å². The van der Waals surface area contributed by atoms with Gasteiger partial charge in [-0.1, -0.05) is 78.9 Å². The molecule has 5 rings (SSSR count). The van der Waals surface area contributed by atoms with Crippen molar-refractivity contribution < 1.29 is 0 Å². The van der Waals surface area contributed by atoms with Gasteiger partial charge in [0, 0.05) is 17.0 Å². The number of allylic oxidation sites excluding steroid dienone is 1. The highest BCUT2D eigenvalue weighted by Crippen LogP contribution is 2.33. The number of fused-ring (bicyclic) bond motifs is 5. The molecule has 0 N–H and O–H groups in total. The number of hydrogen-bond donors (Lipinski definition) is 0. The average Bonchev–Trinajstić information content (AvgIpc) is 2.88. The molecule has 1 heterocycles. The van der Waals surface area contributed by atoms with Crippen LogP contribution in [0.2, 0.25) is 0 Å². The lowest BCUT2D eigenvalue weighted by molar-refractivity contribution is 1.28. The standard InChI is InChI=1S/C24H17N/c1-2-7-17(8-3-1)19-11-6-12-21-22(19)15-16-25-24-20-10-5-4-9-18(20)13-14-23(21)24/h1-4,6-16H,5H2. The SMILES string of the molecule is C1=Cc2ccc3c(c2=CC1)=NC=Cc1c(-c2ccccc2)cccc1-3. The number of nitrogens with zero attached hydrogens (tertiary/aromatic N) is 1. The molecule has 1 aliphatic heterocycles. The minimum absolute atomic E-state index is 0.972. The second kappa shape index (κ2) is 5.71. The fourth-order valence-electron chi connectivity index (χ4n) is 3.76. The van der Waals surface area contributed by atoms with Gasteiger partial charge in [0.2, 0.25) is 0 Å². The van der Waals surface area contributed by atoms with E-state index in [1.807, 2.05) is 6.20 Å². The molecule has 0 unspecified atom stereocenters. The smallest absolute Gasteiger partial charge is 0.0783 e. The van der Waals surface area contributed by atoms with Gasteiger partial charge in [-0.3, -0.25) is 4.99 Å². The Labute approximate surface area is 147 Å². The van der Waals surface area contributed by atoms with Gasteiger partial charge in [0.05, 0.1) is 5.36 Å². The third kappa shape index (κ3) is 2.28. The van der Waals surface area contributed by atoms with Crippen LogP contribution in [0.3, 0.4) is 0 Å². The van der Waals surface area contributed by atoms with Crippen LogP contribution in [0.5, 0.6) is 0 Å². The van der Waals surface area contributed by atoms with Gasteiger partial charge >= 0.3 is 0 Å². The van der Waals surface area contributed by atoms with Gasteiger partial charge in [0.25, 0.3) is 0 Å². The molecule has 0 aromatic heterocycles. The van der Waals surface area contributed by atoms with Crippen LogP contribution in [0, 0.1) is 0 Å². The van der Waals surface area contributed by atoms with Crippen LogP contribution in [0.4, 0.5) is 0 Å². The maximum atomic E-state index is 4.80. The Balaban J connectivity index is 1.83. The first-order chi connectivity index (χ1) is 12.4. The van der Waals surface area contributed by atoms with Crippen molar-refractivity contribution in [1.82, 2.24) is 0 Å². The lowest BCUT2D eigenvalue weighted by Gasteiger charge is -2.13. The number of hydrogen-bond acceptors (Lipinski definition) is 1. The highest BCUT2D eigenvalue weighted by atomic mass is 14.7. The molecule has 0 radical (unpaired) electrons. The van der Waals surface area contributed by atoms with Gasteiger partial charge in [-0.05, 0) is 40.3 Å². The van der Waals surface area contributed by atoms with E-state index in [4.69, 9.17) is 4.99 Å². The number of benzene rings is 3. The molecule has 0 bridgehead atoms. The summed E-state index contributed by atoms with van der Waals surface area (Å²) in [7, 11) is 0. The maximum Gasteiger partial charge on any atom is 0.0783 e. The van der Waals surface area contributed by atoms with Crippen molar-refractivity contribution in [1.29, 1.82) is 0 Å². The Morgan fingerprint density at radius 3 is 2.52 bits per heavy atom. The summed E-state index contributed by atoms with van der Waals surface area (Å²) in [5, 5.41) is 2.34. The summed E-state index contributed by atoms with van der Waals surface area (Å²) in [5.74, 6) is 0. The van der Waals surface area contributed by atoms with Crippen molar-refractivity contribution in [3.05, 3.63) is 94.6 Å². The van der Waals surface area contributed by atoms with Crippen molar-refractivity contribution in [2.24, 2.45) is 4.99 Å². The molecule has 2 aliphatic rings. The van der Waals surface area contributed by atoms with Crippen LogP contribution in [0.25, 0.3) is 40.5 Å². The van der Waals surface area contributed by atoms with E-state index in [9.17, 15) is 0 Å². The van der Waals surface area contributed by atoms with Crippen molar-refractivity contribution >= 4 is 18.2 Å². The largest absolute Gasteiger partial charge is 0.256 e. The van der Waals surface area contributed by atoms with Crippen LogP contribution in [-0.2, 0) is 0 Å². The van der Waals surface area contributed by atoms with Crippen molar-refractivity contribution in [3.63, 3.8) is 0 Å². The van der Waals surface area contributed by atoms with Crippen LogP contribution in [-0.4, -0.2) is 0 Å². The highest BCUT2D eigenvalue weighted by Gasteiger charge is 2.14. The first-order valence-electron chi connectivity index (χ1n) is 8.65. The third-order valence-corrected chi connectivity index (χ3v) is 4.93. The lowest BCUT2D eigenvalue weighted by Crippen LogP contribution is -2.30. The van der Waals surface area contributed by atoms with Gasteiger partial charge in [0.15, 0.2) is 0 Å². The Bertz CT molecular complexity index is 1150. The van der Waals surface area contributed by atoms with Gasteiger partial charge in [0.1, 0.15) is 0 Å². The van der Waals surface area contributed by atoms with Gasteiger partial charge < -0.3 is 0 Å². The second-order valence-electron chi connectivity index (χ2n) is 6.38. The lowest BCUT2D eigenvalue weighted by atomic mass is 9.90. The minimum Gasteiger partial charge on any atom is -0.256 e. The molecule has 1 aliphatic carbocycles. The molecule has 1 nitrogen and oxygen atoms in total. The van der Waals surface area contributed by atoms with Crippen LogP contribution >= 0.6 is 0 Å². The fourth-order valence-corrected chi connectivity index (χ4v) is 3.76. The van der Waals surface area contributed by atoms with Crippen LogP contribution < -0.4 is 10.6 Å². The minimum atomic E-state index is 0.972. The van der Waals surface area contributed by atoms with E-state index in [2.05, 4.69) is 85.0 Å². The van der Waals surface area contributed by atoms with E-state index in [0.717, 1.165) is 11.8 Å². The third-order valence-electron chi connectivity index (χ3n) is 4.93. The predicted molar refractivity (Wildman–Crippen MR) is 105 cm³/mol. The first kappa shape index (κ1) is 14.2. The van der Waals surface area contributed by atoms with E-state index in [-0.39, 0.29) is 0 Å². The molecule has 3 aromatic rings. The summed E-state index contributed by atoms with van der Waals surface area (Å²) in [5.41, 5.74) is 7.44. The summed E-state index contributed by atoms with van der Waals surface area (Å²) >= 11 is 0. The molecule has 25 heavy (non-hydrogen) atoms. The highest BCUT2D eigenvalue weighted by molar-refractivity contribution is 5.87. The van der Waals surface area contributed by atoms with E-state index in [1.165, 1.54) is 38.6 Å². The summed E-state index contributed by atoms with van der Waals surface area (Å²) < 4.78 is 0. The van der Waals surface area contributed by atoms with Crippen LogP contribution in [0.1, 0.15) is 17.5 Å². The van der Waals surface area contributed by atoms with E-state index in [1.54, 1.807) is 0 Å². The van der Waals surface area contributed by atoms with Crippen LogP contribution in [0.15, 0.2) is 77.9 Å². The van der Waals surface area contributed by atoms with Gasteiger partial charge in [-0.25, -0.2) is 0 Å². The average molecular weight is 319 g/mol. The summed E-state index contributed by atoms with van der Waals surface area (Å²) in [6, 6.07) is 21.5. The molecule has 0 saturated carbocycles. The Morgan fingerprint density at radius 1 is 0.720 bits per heavy atom. The quantitative estimate of drug-likeness (QED) is 0.610. The first-order valence-corrected chi connectivity index (χ1v) is 8.65. The number of rotatable bonds is 1. The zero-order valence-corrected chi connectivity index (χ0v) is 13.8. The molecule has 0 fully saturated rings. The van der Waals surface area contributed by atoms with E-state index in [0.29, 0.717) is 0 Å². The van der Waals surface area contributed by atoms with Crippen molar-refractivity contribution in [2.75, 3.05) is 0 Å². The normalized spacial score (nSPS) is 13.8. The summed E-state index contributed by atoms with van der Waals surface area (Å²) in [6.45, 7) is 0. The monoisotopic (exact) mass is 319 g/mol. The molecule has 1 heteroatoms. The summed E-state index contributed by atoms with van der Waals surface area (Å²) in [6.07, 6.45) is 11.7. The topological polar surface area (TPSA) is 12.4 Å². The molecular weight excluding hydrogens is 302 g/mol. The van der Waals surface area contributed by atoms with E-state index >= 15 is 0 Å². The maximum absolute atomic E-state index is 4.80. The zero-order valence-electron chi connectivity index (χ0n) is 13.8. The Morgan fingerprint density at radius 2 is 1.60 bits per heavy atom. The van der Waals surface area contributed by atoms with Crippen molar-refractivity contribution in [3.8, 4) is 22.3 Å². The molecule has 0 spiro atoms. The van der Waals surface area contributed by atoms with E-state index < -0.39 is 0 Å². The molecular formula is C24H17N. The Hall–Kier alpha value is -3.19. The molecule has 0 saturated heterocycles. The Kier molecular flexibility index (Phi) is 3.24. The van der Waals surface area contributed by atoms with Gasteiger partial charge in [-0.2, -0.15) is 0 Å². The summed E-state index contributed by atoms with van der Waals surface area (Å²) in [4.78, 5) is 4.80. The molecule has 0 atom stereocenters. The predicted octanol–water partition coefficient (Wildman–Crippen LogP) is 4.82. The van der Waals surface area contributed by atoms with Crippen molar-refractivity contribution in [2.45, 2.75) is 6.42 Å². The second-order valence-corrected chi connectivity index (χ2v) is 6.38. The molecule has 0 amide bonds. The fraction of sp³-hybridized carbons (Fsp3) is 0.0417. The zero-order chi connectivity index (χ0) is 16.6.